The smallest absolute Gasteiger partial charge is 0.234 e. The van der Waals surface area contributed by atoms with Crippen molar-refractivity contribution in [2.45, 2.75) is 43.7 Å². The van der Waals surface area contributed by atoms with E-state index in [0.717, 1.165) is 24.0 Å². The van der Waals surface area contributed by atoms with Gasteiger partial charge < -0.3 is 0 Å². The molecule has 0 saturated heterocycles. The van der Waals surface area contributed by atoms with Gasteiger partial charge in [-0.25, -0.2) is 13.2 Å². The van der Waals surface area contributed by atoms with Crippen molar-refractivity contribution in [1.29, 1.82) is 5.26 Å². The van der Waals surface area contributed by atoms with Crippen molar-refractivity contribution < 1.29 is 13.2 Å². The van der Waals surface area contributed by atoms with Crippen molar-refractivity contribution >= 4 is 16.0 Å². The van der Waals surface area contributed by atoms with E-state index in [1.165, 1.54) is 10.4 Å². The average molecular weight is 394 g/mol. The summed E-state index contributed by atoms with van der Waals surface area (Å²) in [6.07, 6.45) is 3.78. The van der Waals surface area contributed by atoms with E-state index in [0.29, 0.717) is 12.0 Å². The Balaban J connectivity index is 2.01. The number of carbonyl (C=O) groups excluding carboxylic acids is 1. The van der Waals surface area contributed by atoms with E-state index in [4.69, 9.17) is 5.26 Å². The highest BCUT2D eigenvalue weighted by Crippen LogP contribution is 2.35. The van der Waals surface area contributed by atoms with Crippen LogP contribution in [0.5, 0.6) is 0 Å². The van der Waals surface area contributed by atoms with Crippen LogP contribution in [-0.4, -0.2) is 24.7 Å². The van der Waals surface area contributed by atoms with Crippen molar-refractivity contribution in [3.8, 4) is 6.07 Å². The van der Waals surface area contributed by atoms with Crippen LogP contribution in [0.1, 0.15) is 36.0 Å². The van der Waals surface area contributed by atoms with Gasteiger partial charge in [0.2, 0.25) is 10.0 Å². The molecule has 0 spiro atoms. The zero-order valence-electron chi connectivity index (χ0n) is 15.7. The van der Waals surface area contributed by atoms with Crippen molar-refractivity contribution in [2.24, 2.45) is 5.92 Å². The van der Waals surface area contributed by atoms with Crippen LogP contribution >= 0.6 is 0 Å². The maximum atomic E-state index is 13.5. The van der Waals surface area contributed by atoms with Crippen LogP contribution in [0.4, 0.5) is 0 Å². The van der Waals surface area contributed by atoms with Gasteiger partial charge in [0.05, 0.1) is 16.5 Å². The molecule has 1 saturated carbocycles. The third-order valence-electron chi connectivity index (χ3n) is 5.23. The molecule has 1 aliphatic rings. The Hall–Kier alpha value is -2.71. The van der Waals surface area contributed by atoms with E-state index in [-0.39, 0.29) is 23.4 Å². The summed E-state index contributed by atoms with van der Waals surface area (Å²) in [5, 5.41) is 8.98. The van der Waals surface area contributed by atoms with E-state index in [2.05, 4.69) is 6.07 Å². The Labute approximate surface area is 166 Å². The van der Waals surface area contributed by atoms with E-state index >= 15 is 0 Å². The molecule has 28 heavy (non-hydrogen) atoms. The van der Waals surface area contributed by atoms with Gasteiger partial charge in [0, 0.05) is 24.6 Å². The third-order valence-corrected chi connectivity index (χ3v) is 7.12. The van der Waals surface area contributed by atoms with Crippen LogP contribution in [0.3, 0.4) is 0 Å². The summed E-state index contributed by atoms with van der Waals surface area (Å²) in [5.74, 6) is 1.70. The molecule has 2 aromatic carbocycles. The lowest BCUT2D eigenvalue weighted by Gasteiger charge is -2.31. The third kappa shape index (κ3) is 4.23. The fourth-order valence-corrected chi connectivity index (χ4v) is 5.39. The SMILES string of the molecule is Cc1ccc(S(=O)(=O)N(Cc2ccc(C#N)cc2)C2CCCC2C=C=O)cc1. The molecule has 2 atom stereocenters. The highest BCUT2D eigenvalue weighted by Gasteiger charge is 2.38. The average Bonchev–Trinajstić information content (AvgIpc) is 3.15. The first kappa shape index (κ1) is 20.0. The van der Waals surface area contributed by atoms with Crippen molar-refractivity contribution in [3.63, 3.8) is 0 Å². The lowest BCUT2D eigenvalue weighted by Crippen LogP contribution is -2.41. The molecule has 0 radical (unpaired) electrons. The topological polar surface area (TPSA) is 78.2 Å². The first-order valence-electron chi connectivity index (χ1n) is 9.24. The molecule has 0 bridgehead atoms. The number of hydrogen-bond acceptors (Lipinski definition) is 4. The van der Waals surface area contributed by atoms with Crippen LogP contribution in [-0.2, 0) is 21.4 Å². The molecule has 0 heterocycles. The van der Waals surface area contributed by atoms with Crippen LogP contribution in [0.15, 0.2) is 59.5 Å². The van der Waals surface area contributed by atoms with E-state index in [9.17, 15) is 13.2 Å². The zero-order valence-corrected chi connectivity index (χ0v) is 16.5. The van der Waals surface area contributed by atoms with Gasteiger partial charge in [0.15, 0.2) is 0 Å². The molecule has 2 unspecified atom stereocenters. The number of benzene rings is 2. The number of aryl methyl sites for hydroxylation is 1. The van der Waals surface area contributed by atoms with Gasteiger partial charge in [-0.05, 0) is 49.6 Å². The molecular weight excluding hydrogens is 372 g/mol. The van der Waals surface area contributed by atoms with Gasteiger partial charge in [-0.1, -0.05) is 36.2 Å². The van der Waals surface area contributed by atoms with Gasteiger partial charge in [0.1, 0.15) is 5.94 Å². The minimum Gasteiger partial charge on any atom is -0.234 e. The monoisotopic (exact) mass is 394 g/mol. The fraction of sp³-hybridized carbons (Fsp3) is 0.318. The maximum absolute atomic E-state index is 13.5. The standard InChI is InChI=1S/C22H22N2O3S/c1-17-5-11-21(12-6-17)28(26,27)24(22-4-2-3-20(22)13-14-25)16-19-9-7-18(15-23)8-10-19/h5-13,20,22H,2-4,16H2,1H3. The van der Waals surface area contributed by atoms with E-state index in [1.807, 2.05) is 12.9 Å². The summed E-state index contributed by atoms with van der Waals surface area (Å²) in [4.78, 5) is 11.2. The number of rotatable bonds is 6. The minimum absolute atomic E-state index is 0.142. The Bertz CT molecular complexity index is 1010. The predicted molar refractivity (Wildman–Crippen MR) is 106 cm³/mol. The summed E-state index contributed by atoms with van der Waals surface area (Å²) in [6, 6.07) is 15.5. The Morgan fingerprint density at radius 3 is 2.39 bits per heavy atom. The second-order valence-electron chi connectivity index (χ2n) is 7.12. The summed E-state index contributed by atoms with van der Waals surface area (Å²) >= 11 is 0. The normalized spacial score (nSPS) is 19.2. The van der Waals surface area contributed by atoms with Gasteiger partial charge in [-0.2, -0.15) is 9.57 Å². The van der Waals surface area contributed by atoms with Gasteiger partial charge >= 0.3 is 0 Å². The molecule has 0 aliphatic heterocycles. The molecule has 6 heteroatoms. The van der Waals surface area contributed by atoms with Crippen molar-refractivity contribution in [1.82, 2.24) is 4.31 Å². The van der Waals surface area contributed by atoms with Gasteiger partial charge in [-0.15, -0.1) is 0 Å². The first-order chi connectivity index (χ1) is 13.5. The Morgan fingerprint density at radius 2 is 1.79 bits per heavy atom. The van der Waals surface area contributed by atoms with Crippen LogP contribution < -0.4 is 0 Å². The number of hydrogen-bond donors (Lipinski definition) is 0. The number of nitriles is 1. The lowest BCUT2D eigenvalue weighted by molar-refractivity contribution is 0.283. The van der Waals surface area contributed by atoms with Crippen LogP contribution in [0, 0.1) is 24.2 Å². The zero-order chi connectivity index (χ0) is 20.1. The van der Waals surface area contributed by atoms with E-state index < -0.39 is 10.0 Å². The fourth-order valence-electron chi connectivity index (χ4n) is 3.70. The molecule has 1 fully saturated rings. The lowest BCUT2D eigenvalue weighted by atomic mass is 10.0. The second kappa shape index (κ2) is 8.53. The Kier molecular flexibility index (Phi) is 6.11. The van der Waals surface area contributed by atoms with Crippen molar-refractivity contribution in [3.05, 3.63) is 71.3 Å². The van der Waals surface area contributed by atoms with E-state index in [1.54, 1.807) is 48.5 Å². The predicted octanol–water partition coefficient (Wildman–Crippen LogP) is 3.61. The molecule has 5 nitrogen and oxygen atoms in total. The molecule has 0 amide bonds. The molecule has 3 rings (SSSR count). The summed E-state index contributed by atoms with van der Waals surface area (Å²) in [7, 11) is -3.75. The minimum atomic E-state index is -3.75. The summed E-state index contributed by atoms with van der Waals surface area (Å²) in [5.41, 5.74) is 2.31. The Morgan fingerprint density at radius 1 is 1.11 bits per heavy atom. The van der Waals surface area contributed by atoms with Crippen LogP contribution in [0.25, 0.3) is 0 Å². The molecule has 0 aromatic heterocycles. The maximum Gasteiger partial charge on any atom is 0.243 e. The largest absolute Gasteiger partial charge is 0.243 e. The number of sulfonamides is 1. The highest BCUT2D eigenvalue weighted by molar-refractivity contribution is 7.89. The first-order valence-corrected chi connectivity index (χ1v) is 10.7. The quantitative estimate of drug-likeness (QED) is 0.701. The van der Waals surface area contributed by atoms with Crippen LogP contribution in [0.2, 0.25) is 0 Å². The molecular formula is C22H22N2O3S. The molecule has 2 aromatic rings. The molecule has 1 aliphatic carbocycles. The summed E-state index contributed by atoms with van der Waals surface area (Å²) in [6.45, 7) is 2.10. The van der Waals surface area contributed by atoms with Gasteiger partial charge in [0.25, 0.3) is 0 Å². The van der Waals surface area contributed by atoms with Crippen molar-refractivity contribution in [2.75, 3.05) is 0 Å². The molecule has 144 valence electrons. The number of nitrogens with zero attached hydrogens (tertiary/aromatic N) is 2. The summed E-state index contributed by atoms with van der Waals surface area (Å²) < 4.78 is 28.4. The van der Waals surface area contributed by atoms with Gasteiger partial charge in [-0.3, -0.25) is 0 Å². The molecule has 0 N–H and O–H groups in total. The second-order valence-corrected chi connectivity index (χ2v) is 9.01. The highest BCUT2D eigenvalue weighted by atomic mass is 32.2.